The van der Waals surface area contributed by atoms with Gasteiger partial charge < -0.3 is 5.11 Å². The van der Waals surface area contributed by atoms with Gasteiger partial charge in [0.15, 0.2) is 0 Å². The van der Waals surface area contributed by atoms with Crippen LogP contribution in [0.2, 0.25) is 0 Å². The van der Waals surface area contributed by atoms with Crippen LogP contribution in [0.15, 0.2) is 18.2 Å². The maximum atomic E-state index is 13.6. The lowest BCUT2D eigenvalue weighted by atomic mass is 10.0. The molecule has 1 aliphatic rings. The molecule has 1 aromatic carbocycles. The zero-order chi connectivity index (χ0) is 13.8. The SMILES string of the molecule is CC1CCCN(Cc2ccc(C(=O)O)c(F)c2)CC1. The quantitative estimate of drug-likeness (QED) is 0.912. The summed E-state index contributed by atoms with van der Waals surface area (Å²) in [4.78, 5) is 13.1. The topological polar surface area (TPSA) is 40.5 Å². The average Bonchev–Trinajstić information content (AvgIpc) is 2.54. The van der Waals surface area contributed by atoms with Crippen LogP contribution in [-0.4, -0.2) is 29.1 Å². The monoisotopic (exact) mass is 265 g/mol. The molecule has 0 bridgehead atoms. The van der Waals surface area contributed by atoms with Crippen LogP contribution < -0.4 is 0 Å². The normalized spacial score (nSPS) is 21.1. The molecule has 1 aromatic rings. The molecule has 104 valence electrons. The minimum atomic E-state index is -1.22. The fraction of sp³-hybridized carbons (Fsp3) is 0.533. The van der Waals surface area contributed by atoms with Gasteiger partial charge in [0.1, 0.15) is 5.82 Å². The second kappa shape index (κ2) is 6.15. The average molecular weight is 265 g/mol. The first-order valence-electron chi connectivity index (χ1n) is 6.80. The Labute approximate surface area is 113 Å². The predicted molar refractivity (Wildman–Crippen MR) is 71.7 cm³/mol. The minimum absolute atomic E-state index is 0.256. The van der Waals surface area contributed by atoms with Gasteiger partial charge in [0, 0.05) is 6.54 Å². The highest BCUT2D eigenvalue weighted by molar-refractivity contribution is 5.87. The first-order chi connectivity index (χ1) is 9.06. The van der Waals surface area contributed by atoms with Gasteiger partial charge in [-0.3, -0.25) is 4.90 Å². The summed E-state index contributed by atoms with van der Waals surface area (Å²) in [7, 11) is 0. The van der Waals surface area contributed by atoms with Gasteiger partial charge in [-0.15, -0.1) is 0 Å². The number of rotatable bonds is 3. The van der Waals surface area contributed by atoms with Crippen molar-refractivity contribution in [3.05, 3.63) is 35.1 Å². The van der Waals surface area contributed by atoms with Crippen LogP contribution >= 0.6 is 0 Å². The third-order valence-corrected chi connectivity index (χ3v) is 3.78. The number of hydrogen-bond donors (Lipinski definition) is 1. The smallest absolute Gasteiger partial charge is 0.338 e. The third-order valence-electron chi connectivity index (χ3n) is 3.78. The number of hydrogen-bond acceptors (Lipinski definition) is 2. The van der Waals surface area contributed by atoms with Crippen LogP contribution in [0.5, 0.6) is 0 Å². The van der Waals surface area contributed by atoms with E-state index in [1.165, 1.54) is 31.4 Å². The van der Waals surface area contributed by atoms with Crippen molar-refractivity contribution in [1.82, 2.24) is 4.90 Å². The van der Waals surface area contributed by atoms with Crippen LogP contribution in [0, 0.1) is 11.7 Å². The number of carboxylic acid groups (broad SMARTS) is 1. The van der Waals surface area contributed by atoms with E-state index in [9.17, 15) is 9.18 Å². The molecule has 0 amide bonds. The number of aromatic carboxylic acids is 1. The summed E-state index contributed by atoms with van der Waals surface area (Å²) in [5, 5.41) is 8.79. The van der Waals surface area contributed by atoms with E-state index < -0.39 is 11.8 Å². The maximum Gasteiger partial charge on any atom is 0.338 e. The van der Waals surface area contributed by atoms with E-state index in [-0.39, 0.29) is 5.56 Å². The Bertz CT molecular complexity index is 461. The molecule has 1 heterocycles. The van der Waals surface area contributed by atoms with Crippen molar-refractivity contribution in [1.29, 1.82) is 0 Å². The molecule has 1 unspecified atom stereocenters. The molecule has 19 heavy (non-hydrogen) atoms. The highest BCUT2D eigenvalue weighted by atomic mass is 19.1. The second-order valence-electron chi connectivity index (χ2n) is 5.43. The van der Waals surface area contributed by atoms with Gasteiger partial charge in [-0.1, -0.05) is 13.0 Å². The first-order valence-corrected chi connectivity index (χ1v) is 6.80. The molecule has 1 fully saturated rings. The Balaban J connectivity index is 2.03. The Kier molecular flexibility index (Phi) is 4.53. The number of halogens is 1. The van der Waals surface area contributed by atoms with Gasteiger partial charge in [-0.25, -0.2) is 9.18 Å². The molecule has 1 atom stereocenters. The van der Waals surface area contributed by atoms with Gasteiger partial charge in [0.05, 0.1) is 5.56 Å². The molecule has 1 aliphatic heterocycles. The Morgan fingerprint density at radius 2 is 2.21 bits per heavy atom. The predicted octanol–water partition coefficient (Wildman–Crippen LogP) is 3.15. The summed E-state index contributed by atoms with van der Waals surface area (Å²) in [6.07, 6.45) is 3.61. The largest absolute Gasteiger partial charge is 0.478 e. The van der Waals surface area contributed by atoms with E-state index >= 15 is 0 Å². The summed E-state index contributed by atoms with van der Waals surface area (Å²) >= 11 is 0. The van der Waals surface area contributed by atoms with Crippen molar-refractivity contribution < 1.29 is 14.3 Å². The summed E-state index contributed by atoms with van der Waals surface area (Å²) in [5.74, 6) is -1.10. The molecule has 4 heteroatoms. The highest BCUT2D eigenvalue weighted by Crippen LogP contribution is 2.19. The number of likely N-dealkylation sites (tertiary alicyclic amines) is 1. The minimum Gasteiger partial charge on any atom is -0.478 e. The second-order valence-corrected chi connectivity index (χ2v) is 5.43. The van der Waals surface area contributed by atoms with Gasteiger partial charge >= 0.3 is 5.97 Å². The van der Waals surface area contributed by atoms with Crippen molar-refractivity contribution >= 4 is 5.97 Å². The fourth-order valence-corrected chi connectivity index (χ4v) is 2.57. The van der Waals surface area contributed by atoms with Gasteiger partial charge in [-0.2, -0.15) is 0 Å². The van der Waals surface area contributed by atoms with Crippen LogP contribution in [0.25, 0.3) is 0 Å². The van der Waals surface area contributed by atoms with E-state index in [1.807, 2.05) is 0 Å². The Hall–Kier alpha value is -1.42. The third kappa shape index (κ3) is 3.77. The lowest BCUT2D eigenvalue weighted by Gasteiger charge is -2.20. The summed E-state index contributed by atoms with van der Waals surface area (Å²) in [5.41, 5.74) is 0.588. The van der Waals surface area contributed by atoms with Gasteiger partial charge in [-0.05, 0) is 56.0 Å². The molecule has 0 saturated carbocycles. The molecule has 1 saturated heterocycles. The van der Waals surface area contributed by atoms with Crippen LogP contribution in [0.4, 0.5) is 4.39 Å². The van der Waals surface area contributed by atoms with Crippen LogP contribution in [0.1, 0.15) is 42.1 Å². The van der Waals surface area contributed by atoms with E-state index in [4.69, 9.17) is 5.11 Å². The molecular weight excluding hydrogens is 245 g/mol. The fourth-order valence-electron chi connectivity index (χ4n) is 2.57. The summed E-state index contributed by atoms with van der Waals surface area (Å²) in [6.45, 7) is 5.03. The Morgan fingerprint density at radius 3 is 2.89 bits per heavy atom. The molecule has 0 aromatic heterocycles. The van der Waals surface area contributed by atoms with E-state index in [2.05, 4.69) is 11.8 Å². The van der Waals surface area contributed by atoms with Gasteiger partial charge in [0.2, 0.25) is 0 Å². The van der Waals surface area contributed by atoms with Crippen molar-refractivity contribution in [2.24, 2.45) is 5.92 Å². The molecule has 0 aliphatic carbocycles. The van der Waals surface area contributed by atoms with E-state index in [1.54, 1.807) is 6.07 Å². The molecular formula is C15H20FNO2. The van der Waals surface area contributed by atoms with Crippen molar-refractivity contribution in [3.8, 4) is 0 Å². The number of carbonyl (C=O) groups is 1. The number of nitrogens with zero attached hydrogens (tertiary/aromatic N) is 1. The van der Waals surface area contributed by atoms with Crippen molar-refractivity contribution in [2.75, 3.05) is 13.1 Å². The zero-order valence-electron chi connectivity index (χ0n) is 11.2. The maximum absolute atomic E-state index is 13.6. The molecule has 0 spiro atoms. The molecule has 2 rings (SSSR count). The number of benzene rings is 1. The van der Waals surface area contributed by atoms with Crippen LogP contribution in [-0.2, 0) is 6.54 Å². The molecule has 1 N–H and O–H groups in total. The molecule has 3 nitrogen and oxygen atoms in total. The van der Waals surface area contributed by atoms with Gasteiger partial charge in [0.25, 0.3) is 0 Å². The van der Waals surface area contributed by atoms with E-state index in [0.717, 1.165) is 24.6 Å². The lowest BCUT2D eigenvalue weighted by Crippen LogP contribution is -2.24. The highest BCUT2D eigenvalue weighted by Gasteiger charge is 2.15. The van der Waals surface area contributed by atoms with Crippen LogP contribution in [0.3, 0.4) is 0 Å². The van der Waals surface area contributed by atoms with Crippen molar-refractivity contribution in [3.63, 3.8) is 0 Å². The van der Waals surface area contributed by atoms with E-state index in [0.29, 0.717) is 6.54 Å². The summed E-state index contributed by atoms with van der Waals surface area (Å²) < 4.78 is 13.6. The lowest BCUT2D eigenvalue weighted by molar-refractivity contribution is 0.0692. The van der Waals surface area contributed by atoms with Crippen molar-refractivity contribution in [2.45, 2.75) is 32.7 Å². The first kappa shape index (κ1) is 14.0. The number of carboxylic acids is 1. The zero-order valence-corrected chi connectivity index (χ0v) is 11.2. The molecule has 0 radical (unpaired) electrons. The Morgan fingerprint density at radius 1 is 1.42 bits per heavy atom. The summed E-state index contributed by atoms with van der Waals surface area (Å²) in [6, 6.07) is 4.41. The standard InChI is InChI=1S/C15H20FNO2/c1-11-3-2-7-17(8-6-11)10-12-4-5-13(15(18)19)14(16)9-12/h4-5,9,11H,2-3,6-8,10H2,1H3,(H,18,19).